The Hall–Kier alpha value is -2.50. The quantitative estimate of drug-likeness (QED) is 0.465. The first-order valence-electron chi connectivity index (χ1n) is 6.84. The van der Waals surface area contributed by atoms with Crippen LogP contribution in [-0.4, -0.2) is 47.9 Å². The molecule has 2 rings (SSSR count). The van der Waals surface area contributed by atoms with Crippen molar-refractivity contribution in [1.82, 2.24) is 0 Å². The maximum Gasteiger partial charge on any atom is 0.351 e. The summed E-state index contributed by atoms with van der Waals surface area (Å²) in [5, 5.41) is 32.3. The lowest BCUT2D eigenvalue weighted by Gasteiger charge is -1.86. The van der Waals surface area contributed by atoms with Crippen LogP contribution in [0.15, 0.2) is 33.1 Å². The fourth-order valence-corrected chi connectivity index (χ4v) is 1.14. The van der Waals surface area contributed by atoms with Gasteiger partial charge < -0.3 is 33.6 Å². The highest BCUT2D eigenvalue weighted by Crippen LogP contribution is 2.06. The van der Waals surface area contributed by atoms with Gasteiger partial charge in [-0.1, -0.05) is 6.82 Å². The maximum atomic E-state index is 10.2. The molecule has 0 bridgehead atoms. The van der Waals surface area contributed by atoms with Gasteiger partial charge in [-0.3, -0.25) is 14.0 Å². The van der Waals surface area contributed by atoms with Crippen molar-refractivity contribution in [1.29, 1.82) is 0 Å². The molecule has 0 atom stereocenters. The largest absolute Gasteiger partial charge is 0.483 e. The fraction of sp³-hybridized carbons (Fsp3) is 0.333. The van der Waals surface area contributed by atoms with Gasteiger partial charge in [-0.2, -0.15) is 0 Å². The van der Waals surface area contributed by atoms with Crippen molar-refractivity contribution in [3.05, 3.63) is 47.3 Å². The third-order valence-electron chi connectivity index (χ3n) is 1.98. The average molecular weight is 379 g/mol. The van der Waals surface area contributed by atoms with Crippen LogP contribution in [0.5, 0.6) is 0 Å². The van der Waals surface area contributed by atoms with E-state index < -0.39 is 0 Å². The zero-order valence-corrected chi connectivity index (χ0v) is 14.3. The Balaban J connectivity index is -0.000000293. The number of carbonyl (C=O) groups is 2. The monoisotopic (exact) mass is 379 g/mol. The Morgan fingerprint density at radius 1 is 0.923 bits per heavy atom. The second-order valence-corrected chi connectivity index (χ2v) is 3.59. The van der Waals surface area contributed by atoms with E-state index in [1.54, 1.807) is 18.2 Å². The van der Waals surface area contributed by atoms with Crippen molar-refractivity contribution in [2.75, 3.05) is 7.18 Å². The number of carboxylic acid groups (broad SMARTS) is 1. The number of halogens is 2. The molecule has 2 aromatic rings. The van der Waals surface area contributed by atoms with E-state index in [0.29, 0.717) is 38.3 Å². The van der Waals surface area contributed by atoms with E-state index in [9.17, 15) is 13.5 Å². The molecule has 0 saturated heterocycles. The van der Waals surface area contributed by atoms with E-state index in [4.69, 9.17) is 34.1 Å². The molecule has 4 N–H and O–H groups in total. The molecule has 0 fully saturated rings. The number of carbonyl (C=O) groups excluding carboxylic acids is 1. The molecule has 26 heavy (non-hydrogen) atoms. The molecule has 0 unspecified atom stereocenters. The third kappa shape index (κ3) is 16.4. The molecule has 0 aliphatic carbocycles. The molecule has 0 aromatic carbocycles. The van der Waals surface area contributed by atoms with Crippen molar-refractivity contribution in [3.63, 3.8) is 0 Å². The molecule has 0 spiro atoms. The van der Waals surface area contributed by atoms with Crippen LogP contribution < -0.4 is 0 Å². The minimum atomic E-state index is -0.250. The first-order valence-corrected chi connectivity index (χ1v) is 6.84. The second kappa shape index (κ2) is 22.5. The highest BCUT2D eigenvalue weighted by molar-refractivity contribution is 6.23. The number of aliphatic hydroxyl groups excluding tert-OH is 3. The van der Waals surface area contributed by atoms with Gasteiger partial charge in [0.25, 0.3) is 6.47 Å². The number of rotatable bonds is 4. The summed E-state index contributed by atoms with van der Waals surface area (Å²) in [6.45, 7) is 0.702. The van der Waals surface area contributed by atoms with Crippen LogP contribution in [0.3, 0.4) is 0 Å². The summed E-state index contributed by atoms with van der Waals surface area (Å²) >= 11 is 0. The predicted octanol–water partition coefficient (Wildman–Crippen LogP) is 1.76. The molecule has 11 heteroatoms. The lowest BCUT2D eigenvalue weighted by Crippen LogP contribution is -1.76. The van der Waals surface area contributed by atoms with Crippen molar-refractivity contribution in [2.45, 2.75) is 26.6 Å². The molecular weight excluding hydrogens is 357 g/mol. The summed E-state index contributed by atoms with van der Waals surface area (Å²) in [6.07, 6.45) is 0.596. The van der Waals surface area contributed by atoms with Crippen LogP contribution in [0.4, 0.5) is 8.71 Å². The van der Waals surface area contributed by atoms with Gasteiger partial charge in [0.15, 0.2) is 12.0 Å². The zero-order valence-electron chi connectivity index (χ0n) is 14.3. The van der Waals surface area contributed by atoms with Crippen molar-refractivity contribution < 1.29 is 47.6 Å². The van der Waals surface area contributed by atoms with Gasteiger partial charge >= 0.3 is 7.56 Å². The Bertz CT molecular complexity index is 527. The van der Waals surface area contributed by atoms with E-state index >= 15 is 0 Å². The Labute approximate surface area is 150 Å². The number of hydrogen-bond acceptors (Lipinski definition) is 7. The topological polar surface area (TPSA) is 141 Å². The van der Waals surface area contributed by atoms with Gasteiger partial charge in [0, 0.05) is 0 Å². The molecule has 8 nitrogen and oxygen atoms in total. The lowest BCUT2D eigenvalue weighted by atomic mass is 10.2. The second-order valence-electron chi connectivity index (χ2n) is 3.59. The van der Waals surface area contributed by atoms with E-state index in [-0.39, 0.29) is 32.1 Å². The molecule has 0 amide bonds. The Morgan fingerprint density at radius 2 is 1.23 bits per heavy atom. The van der Waals surface area contributed by atoms with Crippen LogP contribution in [-0.2, 0) is 24.6 Å². The summed E-state index contributed by atoms with van der Waals surface area (Å²) < 4.78 is 29.3. The fourth-order valence-electron chi connectivity index (χ4n) is 1.14. The smallest absolute Gasteiger partial charge is 0.351 e. The summed E-state index contributed by atoms with van der Waals surface area (Å²) in [5.41, 5.74) is 0. The summed E-state index contributed by atoms with van der Waals surface area (Å²) in [6, 6.07) is 6.33. The van der Waals surface area contributed by atoms with Crippen molar-refractivity contribution in [2.24, 2.45) is 0 Å². The number of aldehydes is 1. The molecule has 0 saturated carbocycles. The zero-order chi connectivity index (χ0) is 20.8. The van der Waals surface area contributed by atoms with E-state index in [2.05, 4.69) is 0 Å². The number of aliphatic hydroxyl groups is 3. The van der Waals surface area contributed by atoms with E-state index in [0.717, 1.165) is 0 Å². The molecule has 0 aliphatic heterocycles. The van der Waals surface area contributed by atoms with Gasteiger partial charge in [0.1, 0.15) is 37.1 Å². The average Bonchev–Trinajstić information content (AvgIpc) is 3.34. The predicted molar refractivity (Wildman–Crippen MR) is 89.0 cm³/mol. The van der Waals surface area contributed by atoms with Crippen LogP contribution >= 0.6 is 0 Å². The van der Waals surface area contributed by atoms with Crippen molar-refractivity contribution in [3.8, 4) is 0 Å². The molecule has 147 valence electrons. The summed E-state index contributed by atoms with van der Waals surface area (Å²) in [4.78, 5) is 18.3. The third-order valence-corrected chi connectivity index (χ3v) is 1.98. The van der Waals surface area contributed by atoms with Crippen LogP contribution in [0.2, 0.25) is 6.82 Å². The van der Waals surface area contributed by atoms with Gasteiger partial charge in [-0.15, -0.1) is 0 Å². The SMILES string of the molecule is CF.C[B]F.O=CO.O=Cc1ccc(CO)o1.OCc1ccc(CO)o1. The molecule has 1 radical (unpaired) electrons. The van der Waals surface area contributed by atoms with Gasteiger partial charge in [-0.05, 0) is 24.3 Å². The number of alkyl halides is 1. The first kappa shape index (κ1) is 28.3. The Morgan fingerprint density at radius 3 is 1.42 bits per heavy atom. The number of hydrogen-bond donors (Lipinski definition) is 4. The van der Waals surface area contributed by atoms with E-state index in [1.165, 1.54) is 12.9 Å². The molecule has 0 aliphatic rings. The van der Waals surface area contributed by atoms with Gasteiger partial charge in [0.2, 0.25) is 0 Å². The highest BCUT2D eigenvalue weighted by atomic mass is 19.1. The minimum Gasteiger partial charge on any atom is -0.483 e. The summed E-state index contributed by atoms with van der Waals surface area (Å²) in [7, 11) is 1.00. The van der Waals surface area contributed by atoms with Crippen LogP contribution in [0.1, 0.15) is 27.8 Å². The standard InChI is InChI=1S/C6H8O3.C6H6O3.CH3BF.CH3F.CH2O2/c2*7-3-5-1-2-6(4-8)9-5;1-2-3;1-2;2-1-3/h1-2,7-8H,3-4H2;1-3,8H,4H2;1H3;1H3;1H,(H,2,3). The maximum absolute atomic E-state index is 10.2. The molecular formula is C15H22BF2O8. The van der Waals surface area contributed by atoms with E-state index in [1.807, 2.05) is 0 Å². The Kier molecular flexibility index (Phi) is 24.5. The lowest BCUT2D eigenvalue weighted by molar-refractivity contribution is -0.122. The van der Waals surface area contributed by atoms with Crippen LogP contribution in [0, 0.1) is 0 Å². The molecule has 2 heterocycles. The van der Waals surface area contributed by atoms with Crippen LogP contribution in [0.25, 0.3) is 0 Å². The normalized spacial score (nSPS) is 7.96. The van der Waals surface area contributed by atoms with Gasteiger partial charge in [0.05, 0.1) is 7.18 Å². The highest BCUT2D eigenvalue weighted by Gasteiger charge is 1.97. The number of furan rings is 2. The minimum absolute atomic E-state index is 0.111. The first-order chi connectivity index (χ1) is 12.6. The summed E-state index contributed by atoms with van der Waals surface area (Å²) in [5.74, 6) is 1.63. The molecule has 2 aromatic heterocycles. The van der Waals surface area contributed by atoms with Crippen molar-refractivity contribution >= 4 is 20.3 Å². The van der Waals surface area contributed by atoms with Gasteiger partial charge in [-0.25, -0.2) is 0 Å².